The molecule has 0 radical (unpaired) electrons. The summed E-state index contributed by atoms with van der Waals surface area (Å²) in [6.07, 6.45) is 0.504. The molecule has 200 valence electrons. The number of aryl methyl sites for hydroxylation is 1. The number of carbonyl (C=O) groups is 2. The second-order valence-electron chi connectivity index (χ2n) is 10.1. The number of carbonyl (C=O) groups excluding carboxylic acids is 2. The number of methoxy groups -OCH3 is 3. The summed E-state index contributed by atoms with van der Waals surface area (Å²) in [4.78, 5) is 28.1. The molecule has 0 aromatic heterocycles. The zero-order chi connectivity index (χ0) is 27.2. The van der Waals surface area contributed by atoms with Crippen molar-refractivity contribution in [3.63, 3.8) is 0 Å². The van der Waals surface area contributed by atoms with E-state index in [1.54, 1.807) is 27.4 Å². The van der Waals surface area contributed by atoms with E-state index in [9.17, 15) is 9.59 Å². The predicted octanol–water partition coefficient (Wildman–Crippen LogP) is 4.15. The van der Waals surface area contributed by atoms with Gasteiger partial charge in [-0.15, -0.1) is 0 Å². The number of hydrogen-bond acceptors (Lipinski definition) is 6. The molecule has 9 heteroatoms. The number of amides is 3. The predicted molar refractivity (Wildman–Crippen MR) is 143 cm³/mol. The number of ether oxygens (including phenoxy) is 3. The van der Waals surface area contributed by atoms with Crippen molar-refractivity contribution >= 4 is 17.6 Å². The molecule has 37 heavy (non-hydrogen) atoms. The summed E-state index contributed by atoms with van der Waals surface area (Å²) < 4.78 is 16.1. The van der Waals surface area contributed by atoms with Crippen LogP contribution in [0.25, 0.3) is 0 Å². The first-order chi connectivity index (χ1) is 17.6. The number of nitrogens with zero attached hydrogens (tertiary/aromatic N) is 3. The molecule has 0 saturated carbocycles. The van der Waals surface area contributed by atoms with E-state index >= 15 is 0 Å². The maximum atomic E-state index is 13.7. The van der Waals surface area contributed by atoms with Gasteiger partial charge in [-0.3, -0.25) is 4.79 Å². The number of nitrogens with one attached hydrogen (secondary N) is 1. The maximum Gasteiger partial charge on any atom is 0.318 e. The van der Waals surface area contributed by atoms with Crippen molar-refractivity contribution in [3.05, 3.63) is 59.2 Å². The topological polar surface area (TPSA) is 92.7 Å². The van der Waals surface area contributed by atoms with E-state index in [1.807, 2.05) is 64.1 Å². The van der Waals surface area contributed by atoms with Gasteiger partial charge in [0.1, 0.15) is 18.0 Å². The Kier molecular flexibility index (Phi) is 9.15. The Labute approximate surface area is 219 Å². The lowest BCUT2D eigenvalue weighted by molar-refractivity contribution is -0.133. The average Bonchev–Trinajstić information content (AvgIpc) is 3.30. The van der Waals surface area contributed by atoms with Gasteiger partial charge in [0.05, 0.1) is 32.6 Å². The van der Waals surface area contributed by atoms with Crippen LogP contribution in [0.5, 0.6) is 11.5 Å². The van der Waals surface area contributed by atoms with E-state index in [-0.39, 0.29) is 31.1 Å². The monoisotopic (exact) mass is 510 g/mol. The summed E-state index contributed by atoms with van der Waals surface area (Å²) in [6, 6.07) is 12.9. The van der Waals surface area contributed by atoms with Crippen molar-refractivity contribution in [2.24, 2.45) is 5.10 Å². The van der Waals surface area contributed by atoms with Crippen LogP contribution < -0.4 is 14.8 Å². The second kappa shape index (κ2) is 12.1. The molecule has 0 unspecified atom stereocenters. The van der Waals surface area contributed by atoms with Gasteiger partial charge in [-0.25, -0.2) is 9.80 Å². The molecule has 1 N–H and O–H groups in total. The molecule has 0 spiro atoms. The van der Waals surface area contributed by atoms with Crippen LogP contribution in [0.2, 0.25) is 0 Å². The van der Waals surface area contributed by atoms with Crippen LogP contribution in [0.1, 0.15) is 49.9 Å². The van der Waals surface area contributed by atoms with Gasteiger partial charge in [0.2, 0.25) is 0 Å². The van der Waals surface area contributed by atoms with E-state index < -0.39 is 5.54 Å². The zero-order valence-electron chi connectivity index (χ0n) is 22.8. The van der Waals surface area contributed by atoms with Crippen LogP contribution in [0.15, 0.2) is 47.6 Å². The Balaban J connectivity index is 1.95. The number of urea groups is 1. The fraction of sp³-hybridized carbons (Fsp3) is 0.464. The van der Waals surface area contributed by atoms with Crippen molar-refractivity contribution in [1.29, 1.82) is 0 Å². The van der Waals surface area contributed by atoms with Crippen LogP contribution in [0.4, 0.5) is 4.79 Å². The minimum atomic E-state index is -0.445. The van der Waals surface area contributed by atoms with Gasteiger partial charge in [0.25, 0.3) is 5.91 Å². The van der Waals surface area contributed by atoms with E-state index in [4.69, 9.17) is 19.3 Å². The largest absolute Gasteiger partial charge is 0.497 e. The Hall–Kier alpha value is -3.59. The normalized spacial score (nSPS) is 15.3. The van der Waals surface area contributed by atoms with Crippen LogP contribution >= 0.6 is 0 Å². The minimum Gasteiger partial charge on any atom is -0.497 e. The number of benzene rings is 2. The lowest BCUT2D eigenvalue weighted by atomic mass is 9.97. The molecule has 0 aliphatic carbocycles. The summed E-state index contributed by atoms with van der Waals surface area (Å²) in [7, 11) is 4.75. The molecule has 1 heterocycles. The molecular formula is C28H38N4O5. The first-order valence-electron chi connectivity index (χ1n) is 12.3. The van der Waals surface area contributed by atoms with E-state index in [1.165, 1.54) is 9.91 Å². The molecular weight excluding hydrogens is 472 g/mol. The van der Waals surface area contributed by atoms with Crippen LogP contribution in [-0.4, -0.2) is 74.1 Å². The summed E-state index contributed by atoms with van der Waals surface area (Å²) in [6.45, 7) is 8.16. The first kappa shape index (κ1) is 28.0. The highest BCUT2D eigenvalue weighted by Gasteiger charge is 2.35. The standard InChI is InChI=1S/C28H38N4O5/c1-19-8-10-20(11-9-19)24-17-23(22-13-12-21(36-6)16-25(22)37-7)30-32(24)26(33)18-31(14-15-35-5)27(34)29-28(2,3)4/h8-13,16,24H,14-15,17-18H2,1-7H3,(H,29,34)/t24-/m1/s1. The molecule has 1 aliphatic rings. The third kappa shape index (κ3) is 7.22. The van der Waals surface area contributed by atoms with Crippen LogP contribution in [0.3, 0.4) is 0 Å². The Bertz CT molecular complexity index is 1120. The number of rotatable bonds is 9. The summed E-state index contributed by atoms with van der Waals surface area (Å²) in [5.41, 5.74) is 3.16. The van der Waals surface area contributed by atoms with Gasteiger partial charge in [0, 0.05) is 37.2 Å². The molecule has 2 aromatic carbocycles. The van der Waals surface area contributed by atoms with Crippen molar-refractivity contribution in [3.8, 4) is 11.5 Å². The molecule has 1 atom stereocenters. The van der Waals surface area contributed by atoms with Gasteiger partial charge >= 0.3 is 6.03 Å². The van der Waals surface area contributed by atoms with E-state index in [0.29, 0.717) is 24.5 Å². The Morgan fingerprint density at radius 3 is 2.38 bits per heavy atom. The van der Waals surface area contributed by atoms with Gasteiger partial charge in [0.15, 0.2) is 0 Å². The Morgan fingerprint density at radius 1 is 1.08 bits per heavy atom. The second-order valence-corrected chi connectivity index (χ2v) is 10.1. The third-order valence-corrected chi connectivity index (χ3v) is 6.01. The first-order valence-corrected chi connectivity index (χ1v) is 12.3. The number of hydrogen-bond donors (Lipinski definition) is 1. The minimum absolute atomic E-state index is 0.135. The summed E-state index contributed by atoms with van der Waals surface area (Å²) in [5.74, 6) is 0.996. The van der Waals surface area contributed by atoms with Crippen LogP contribution in [0, 0.1) is 6.92 Å². The maximum absolute atomic E-state index is 13.7. The lowest BCUT2D eigenvalue weighted by Gasteiger charge is -2.30. The van der Waals surface area contributed by atoms with Gasteiger partial charge in [-0.05, 0) is 45.4 Å². The van der Waals surface area contributed by atoms with Crippen LogP contribution in [-0.2, 0) is 9.53 Å². The molecule has 2 aromatic rings. The van der Waals surface area contributed by atoms with Crippen molar-refractivity contribution in [2.75, 3.05) is 41.0 Å². The highest BCUT2D eigenvalue weighted by Crippen LogP contribution is 2.36. The lowest BCUT2D eigenvalue weighted by Crippen LogP contribution is -2.52. The van der Waals surface area contributed by atoms with Gasteiger partial charge in [-0.1, -0.05) is 29.8 Å². The highest BCUT2D eigenvalue weighted by molar-refractivity contribution is 6.05. The quantitative estimate of drug-likeness (QED) is 0.547. The molecule has 0 fully saturated rings. The van der Waals surface area contributed by atoms with Crippen molar-refractivity contribution < 1.29 is 23.8 Å². The molecule has 3 rings (SSSR count). The van der Waals surface area contributed by atoms with Gasteiger partial charge in [-0.2, -0.15) is 5.10 Å². The molecule has 0 saturated heterocycles. The summed E-state index contributed by atoms with van der Waals surface area (Å²) >= 11 is 0. The van der Waals surface area contributed by atoms with Gasteiger partial charge < -0.3 is 24.4 Å². The fourth-order valence-corrected chi connectivity index (χ4v) is 4.08. The fourth-order valence-electron chi connectivity index (χ4n) is 4.08. The Morgan fingerprint density at radius 2 is 1.78 bits per heavy atom. The summed E-state index contributed by atoms with van der Waals surface area (Å²) in [5, 5.41) is 9.18. The smallest absolute Gasteiger partial charge is 0.318 e. The third-order valence-electron chi connectivity index (χ3n) is 6.01. The molecule has 3 amide bonds. The van der Waals surface area contributed by atoms with E-state index in [0.717, 1.165) is 22.4 Å². The zero-order valence-corrected chi connectivity index (χ0v) is 22.8. The highest BCUT2D eigenvalue weighted by atomic mass is 16.5. The molecule has 0 bridgehead atoms. The molecule has 9 nitrogen and oxygen atoms in total. The van der Waals surface area contributed by atoms with E-state index in [2.05, 4.69) is 5.32 Å². The SMILES string of the molecule is COCCN(CC(=O)N1N=C(c2ccc(OC)cc2OC)C[C@@H]1c1ccc(C)cc1)C(=O)NC(C)(C)C. The van der Waals surface area contributed by atoms with Crippen molar-refractivity contribution in [1.82, 2.24) is 15.2 Å². The average molecular weight is 511 g/mol. The molecule has 1 aliphatic heterocycles. The number of hydrazone groups is 1. The van der Waals surface area contributed by atoms with Crippen molar-refractivity contribution in [2.45, 2.75) is 45.7 Å².